The van der Waals surface area contributed by atoms with E-state index in [0.717, 1.165) is 44.0 Å². The third kappa shape index (κ3) is 6.14. The van der Waals surface area contributed by atoms with E-state index in [1.165, 1.54) is 6.08 Å². The van der Waals surface area contributed by atoms with Crippen molar-refractivity contribution < 1.29 is 9.53 Å². The van der Waals surface area contributed by atoms with E-state index in [1.54, 1.807) is 25.4 Å². The van der Waals surface area contributed by atoms with Crippen LogP contribution in [0.3, 0.4) is 0 Å². The Balaban J connectivity index is 1.51. The number of ether oxygens (including phenoxy) is 1. The smallest absolute Gasteiger partial charge is 0.330 e. The normalized spacial score (nSPS) is 17.7. The molecule has 1 atom stereocenters. The van der Waals surface area contributed by atoms with Crippen molar-refractivity contribution in [1.29, 1.82) is 0 Å². The Bertz CT molecular complexity index is 749. The molecular weight excluding hydrogens is 342 g/mol. The number of hydrogen-bond acceptors (Lipinski definition) is 7. The van der Waals surface area contributed by atoms with Crippen LogP contribution in [0.1, 0.15) is 31.2 Å². The molecule has 7 nitrogen and oxygen atoms in total. The van der Waals surface area contributed by atoms with Crippen LogP contribution in [-0.2, 0) is 16.1 Å². The third-order valence-electron chi connectivity index (χ3n) is 4.32. The van der Waals surface area contributed by atoms with E-state index < -0.39 is 0 Å². The summed E-state index contributed by atoms with van der Waals surface area (Å²) in [6.45, 7) is 5.02. The molecule has 0 bridgehead atoms. The number of nitrogens with one attached hydrogen (secondary N) is 1. The van der Waals surface area contributed by atoms with Crippen LogP contribution in [0.2, 0.25) is 0 Å². The number of anilines is 1. The zero-order valence-corrected chi connectivity index (χ0v) is 15.5. The van der Waals surface area contributed by atoms with Crippen LogP contribution in [0.15, 0.2) is 42.9 Å². The minimum absolute atomic E-state index is 0.331. The van der Waals surface area contributed by atoms with E-state index in [0.29, 0.717) is 18.3 Å². The fourth-order valence-electron chi connectivity index (χ4n) is 3.09. The van der Waals surface area contributed by atoms with Crippen LogP contribution in [0.4, 0.5) is 5.82 Å². The van der Waals surface area contributed by atoms with Gasteiger partial charge in [-0.05, 0) is 44.5 Å². The van der Waals surface area contributed by atoms with Gasteiger partial charge in [0.15, 0.2) is 0 Å². The number of nitrogens with zero attached hydrogens (tertiary/aromatic N) is 4. The summed E-state index contributed by atoms with van der Waals surface area (Å²) in [6.07, 6.45) is 10.4. The van der Waals surface area contributed by atoms with Gasteiger partial charge in [0, 0.05) is 31.4 Å². The molecule has 142 valence electrons. The Kier molecular flexibility index (Phi) is 6.87. The SMILES string of the molecule is CCOC(=O)/C=C/c1cnc(N[C@@H]2CCCN(Cc3ccccn3)C2)cn1. The lowest BCUT2D eigenvalue weighted by Gasteiger charge is -2.33. The highest BCUT2D eigenvalue weighted by Gasteiger charge is 2.20. The molecule has 1 fully saturated rings. The topological polar surface area (TPSA) is 80.2 Å². The molecule has 2 aromatic heterocycles. The highest BCUT2D eigenvalue weighted by atomic mass is 16.5. The third-order valence-corrected chi connectivity index (χ3v) is 4.32. The number of pyridine rings is 1. The van der Waals surface area contributed by atoms with Gasteiger partial charge in [-0.25, -0.2) is 9.78 Å². The molecule has 1 aliphatic heterocycles. The molecule has 3 rings (SSSR count). The number of carbonyl (C=O) groups is 1. The van der Waals surface area contributed by atoms with Gasteiger partial charge < -0.3 is 10.1 Å². The van der Waals surface area contributed by atoms with E-state index in [1.807, 2.05) is 18.3 Å². The Morgan fingerprint density at radius 1 is 1.33 bits per heavy atom. The number of carbonyl (C=O) groups excluding carboxylic acids is 1. The Hall–Kier alpha value is -2.80. The largest absolute Gasteiger partial charge is 0.463 e. The monoisotopic (exact) mass is 367 g/mol. The molecule has 0 radical (unpaired) electrons. The van der Waals surface area contributed by atoms with Gasteiger partial charge in [0.1, 0.15) is 5.82 Å². The van der Waals surface area contributed by atoms with Crippen molar-refractivity contribution in [2.24, 2.45) is 0 Å². The number of hydrogen-bond donors (Lipinski definition) is 1. The summed E-state index contributed by atoms with van der Waals surface area (Å²) >= 11 is 0. The lowest BCUT2D eigenvalue weighted by Crippen LogP contribution is -2.41. The van der Waals surface area contributed by atoms with Crippen molar-refractivity contribution in [2.75, 3.05) is 25.0 Å². The molecule has 0 amide bonds. The predicted molar refractivity (Wildman–Crippen MR) is 104 cm³/mol. The van der Waals surface area contributed by atoms with E-state index in [4.69, 9.17) is 4.74 Å². The molecule has 1 aliphatic rings. The predicted octanol–water partition coefficient (Wildman–Crippen LogP) is 2.52. The Morgan fingerprint density at radius 3 is 3.00 bits per heavy atom. The first-order valence-electron chi connectivity index (χ1n) is 9.28. The maximum Gasteiger partial charge on any atom is 0.330 e. The Labute approximate surface area is 159 Å². The summed E-state index contributed by atoms with van der Waals surface area (Å²) in [5.74, 6) is 0.365. The Morgan fingerprint density at radius 2 is 2.26 bits per heavy atom. The van der Waals surface area contributed by atoms with Crippen molar-refractivity contribution in [3.8, 4) is 0 Å². The lowest BCUT2D eigenvalue weighted by molar-refractivity contribution is -0.137. The van der Waals surface area contributed by atoms with Crippen molar-refractivity contribution in [3.63, 3.8) is 0 Å². The van der Waals surface area contributed by atoms with E-state index in [2.05, 4.69) is 31.2 Å². The zero-order chi connectivity index (χ0) is 18.9. The molecule has 27 heavy (non-hydrogen) atoms. The molecule has 3 heterocycles. The maximum absolute atomic E-state index is 11.3. The minimum atomic E-state index is -0.378. The average Bonchev–Trinajstić information content (AvgIpc) is 2.69. The van der Waals surface area contributed by atoms with Crippen LogP contribution in [0.25, 0.3) is 6.08 Å². The van der Waals surface area contributed by atoms with Gasteiger partial charge in [-0.15, -0.1) is 0 Å². The van der Waals surface area contributed by atoms with Gasteiger partial charge in [-0.3, -0.25) is 14.9 Å². The second-order valence-electron chi connectivity index (χ2n) is 6.45. The molecule has 0 saturated carbocycles. The number of rotatable bonds is 7. The maximum atomic E-state index is 11.3. The zero-order valence-electron chi connectivity index (χ0n) is 15.5. The van der Waals surface area contributed by atoms with Crippen molar-refractivity contribution >= 4 is 17.9 Å². The summed E-state index contributed by atoms with van der Waals surface area (Å²) in [5, 5.41) is 3.46. The number of esters is 1. The second kappa shape index (κ2) is 9.78. The first kappa shape index (κ1) is 19.0. The van der Waals surface area contributed by atoms with Crippen molar-refractivity contribution in [1.82, 2.24) is 19.9 Å². The van der Waals surface area contributed by atoms with Crippen LogP contribution in [0, 0.1) is 0 Å². The fourth-order valence-corrected chi connectivity index (χ4v) is 3.09. The second-order valence-corrected chi connectivity index (χ2v) is 6.45. The quantitative estimate of drug-likeness (QED) is 0.595. The van der Waals surface area contributed by atoms with Gasteiger partial charge in [-0.2, -0.15) is 0 Å². The van der Waals surface area contributed by atoms with E-state index >= 15 is 0 Å². The molecule has 0 aromatic carbocycles. The minimum Gasteiger partial charge on any atom is -0.463 e. The molecule has 2 aromatic rings. The van der Waals surface area contributed by atoms with E-state index in [-0.39, 0.29) is 5.97 Å². The molecule has 1 saturated heterocycles. The van der Waals surface area contributed by atoms with Gasteiger partial charge in [-0.1, -0.05) is 6.07 Å². The number of aromatic nitrogens is 3. The highest BCUT2D eigenvalue weighted by molar-refractivity contribution is 5.86. The molecule has 0 unspecified atom stereocenters. The van der Waals surface area contributed by atoms with Crippen LogP contribution >= 0.6 is 0 Å². The molecule has 7 heteroatoms. The molecular formula is C20H25N5O2. The molecule has 0 spiro atoms. The fraction of sp³-hybridized carbons (Fsp3) is 0.400. The lowest BCUT2D eigenvalue weighted by atomic mass is 10.1. The summed E-state index contributed by atoms with van der Waals surface area (Å²) in [7, 11) is 0. The first-order valence-corrected chi connectivity index (χ1v) is 9.28. The molecule has 0 aliphatic carbocycles. The van der Waals surface area contributed by atoms with Gasteiger partial charge >= 0.3 is 5.97 Å². The van der Waals surface area contributed by atoms with Crippen LogP contribution in [-0.4, -0.2) is 51.6 Å². The highest BCUT2D eigenvalue weighted by Crippen LogP contribution is 2.16. The van der Waals surface area contributed by atoms with Gasteiger partial charge in [0.05, 0.1) is 30.4 Å². The van der Waals surface area contributed by atoms with Crippen LogP contribution < -0.4 is 5.32 Å². The summed E-state index contributed by atoms with van der Waals surface area (Å²) < 4.78 is 4.85. The van der Waals surface area contributed by atoms with Crippen LogP contribution in [0.5, 0.6) is 0 Å². The average molecular weight is 367 g/mol. The van der Waals surface area contributed by atoms with Crippen molar-refractivity contribution in [2.45, 2.75) is 32.4 Å². The summed E-state index contributed by atoms with van der Waals surface area (Å²) in [6, 6.07) is 6.35. The number of likely N-dealkylation sites (tertiary alicyclic amines) is 1. The first-order chi connectivity index (χ1) is 13.2. The van der Waals surface area contributed by atoms with Gasteiger partial charge in [0.25, 0.3) is 0 Å². The molecule has 1 N–H and O–H groups in total. The summed E-state index contributed by atoms with van der Waals surface area (Å²) in [5.41, 5.74) is 1.71. The standard InChI is InChI=1S/C20H25N5O2/c1-2-27-20(26)9-8-16-12-23-19(13-22-16)24-18-7-5-11-25(15-18)14-17-6-3-4-10-21-17/h3-4,6,8-10,12-13,18H,2,5,7,11,14-15H2,1H3,(H,23,24)/b9-8+/t18-/m1/s1. The van der Waals surface area contributed by atoms with Gasteiger partial charge in [0.2, 0.25) is 0 Å². The summed E-state index contributed by atoms with van der Waals surface area (Å²) in [4.78, 5) is 26.9. The number of piperidine rings is 1. The van der Waals surface area contributed by atoms with Crippen molar-refractivity contribution in [3.05, 3.63) is 54.3 Å². The van der Waals surface area contributed by atoms with E-state index in [9.17, 15) is 4.79 Å².